The minimum absolute atomic E-state index is 0.0712. The maximum atomic E-state index is 12.4. The van der Waals surface area contributed by atoms with E-state index in [1.165, 1.54) is 7.11 Å². The van der Waals surface area contributed by atoms with Gasteiger partial charge in [0.1, 0.15) is 6.04 Å². The number of alkyl halides is 2. The third kappa shape index (κ3) is 5.45. The second-order valence-electron chi connectivity index (χ2n) is 5.39. The van der Waals surface area contributed by atoms with Gasteiger partial charge in [-0.2, -0.15) is 8.78 Å². The molecule has 1 aliphatic rings. The molecule has 2 atom stereocenters. The molecule has 0 aromatic carbocycles. The molecule has 1 rings (SSSR count). The molecule has 122 valence electrons. The molecule has 6 nitrogen and oxygen atoms in total. The minimum Gasteiger partial charge on any atom is -0.453 e. The number of amides is 2. The van der Waals surface area contributed by atoms with Crippen molar-refractivity contribution in [3.05, 3.63) is 0 Å². The van der Waals surface area contributed by atoms with Crippen LogP contribution in [0.25, 0.3) is 0 Å². The fourth-order valence-electron chi connectivity index (χ4n) is 2.27. The van der Waals surface area contributed by atoms with Crippen LogP contribution in [0.1, 0.15) is 20.3 Å². The lowest BCUT2D eigenvalue weighted by molar-refractivity contribution is -0.139. The van der Waals surface area contributed by atoms with E-state index in [-0.39, 0.29) is 24.3 Å². The Hall–Kier alpha value is -1.44. The number of nitrogens with one attached hydrogen (secondary N) is 1. The summed E-state index contributed by atoms with van der Waals surface area (Å²) < 4.78 is 32.8. The fourth-order valence-corrected chi connectivity index (χ4v) is 2.27. The van der Waals surface area contributed by atoms with Gasteiger partial charge < -0.3 is 19.7 Å². The number of halogens is 2. The van der Waals surface area contributed by atoms with Gasteiger partial charge in [-0.3, -0.25) is 4.79 Å². The van der Waals surface area contributed by atoms with Gasteiger partial charge in [0, 0.05) is 19.0 Å². The molecule has 0 aromatic rings. The highest BCUT2D eigenvalue weighted by atomic mass is 19.3. The average Bonchev–Trinajstić information content (AvgIpc) is 2.90. The number of rotatable bonds is 6. The van der Waals surface area contributed by atoms with Crippen LogP contribution in [0, 0.1) is 11.8 Å². The number of methoxy groups -OCH3 is 1. The van der Waals surface area contributed by atoms with Gasteiger partial charge in [-0.25, -0.2) is 4.79 Å². The van der Waals surface area contributed by atoms with Crippen molar-refractivity contribution in [3.8, 4) is 0 Å². The normalized spacial score (nSPS) is 20.0. The smallest absolute Gasteiger partial charge is 0.407 e. The molecular formula is C13H22F2N2O4. The van der Waals surface area contributed by atoms with E-state index in [2.05, 4.69) is 14.8 Å². The first kappa shape index (κ1) is 17.6. The van der Waals surface area contributed by atoms with Gasteiger partial charge >= 0.3 is 12.7 Å². The molecule has 1 fully saturated rings. The Balaban J connectivity index is 2.54. The first-order valence-corrected chi connectivity index (χ1v) is 6.88. The van der Waals surface area contributed by atoms with Crippen molar-refractivity contribution in [2.75, 3.05) is 26.8 Å². The first-order chi connectivity index (χ1) is 9.85. The molecule has 0 aliphatic carbocycles. The van der Waals surface area contributed by atoms with Crippen molar-refractivity contribution >= 4 is 12.0 Å². The van der Waals surface area contributed by atoms with Crippen LogP contribution in [0.4, 0.5) is 13.6 Å². The third-order valence-electron chi connectivity index (χ3n) is 3.45. The molecule has 1 aliphatic heterocycles. The summed E-state index contributed by atoms with van der Waals surface area (Å²) >= 11 is 0. The number of hydrogen-bond donors (Lipinski definition) is 1. The number of hydrogen-bond acceptors (Lipinski definition) is 4. The zero-order valence-corrected chi connectivity index (χ0v) is 12.5. The molecule has 0 aromatic heterocycles. The van der Waals surface area contributed by atoms with Crippen LogP contribution in [-0.2, 0) is 14.3 Å². The van der Waals surface area contributed by atoms with Gasteiger partial charge in [0.15, 0.2) is 0 Å². The van der Waals surface area contributed by atoms with E-state index in [0.29, 0.717) is 19.5 Å². The summed E-state index contributed by atoms with van der Waals surface area (Å²) in [5.74, 6) is -0.434. The topological polar surface area (TPSA) is 67.9 Å². The quantitative estimate of drug-likeness (QED) is 0.806. The molecule has 21 heavy (non-hydrogen) atoms. The first-order valence-electron chi connectivity index (χ1n) is 6.88. The predicted molar refractivity (Wildman–Crippen MR) is 70.8 cm³/mol. The molecule has 0 spiro atoms. The van der Waals surface area contributed by atoms with Crippen LogP contribution in [0.5, 0.6) is 0 Å². The highest BCUT2D eigenvalue weighted by Crippen LogP contribution is 2.20. The van der Waals surface area contributed by atoms with Crippen LogP contribution in [0.3, 0.4) is 0 Å². The summed E-state index contributed by atoms with van der Waals surface area (Å²) in [5.41, 5.74) is 0. The van der Waals surface area contributed by atoms with E-state index in [0.717, 1.165) is 0 Å². The molecule has 0 radical (unpaired) electrons. The van der Waals surface area contributed by atoms with Gasteiger partial charge in [0.2, 0.25) is 5.91 Å². The Labute approximate surface area is 122 Å². The lowest BCUT2D eigenvalue weighted by atomic mass is 10.0. The highest BCUT2D eigenvalue weighted by molar-refractivity contribution is 5.86. The summed E-state index contributed by atoms with van der Waals surface area (Å²) in [4.78, 5) is 25.2. The zero-order chi connectivity index (χ0) is 16.0. The van der Waals surface area contributed by atoms with E-state index >= 15 is 0 Å². The van der Waals surface area contributed by atoms with Crippen molar-refractivity contribution in [2.24, 2.45) is 11.8 Å². The number of ether oxygens (including phenoxy) is 2. The SMILES string of the molecule is COC(=O)N[C@H](C(=O)N1CC[C@H](COC(F)F)C1)C(C)C. The standard InChI is InChI=1S/C13H22F2N2O4/c1-8(2)10(16-13(19)20-3)11(18)17-5-4-9(6-17)7-21-12(14)15/h8-10,12H,4-7H2,1-3H3,(H,16,19)/t9-,10-/m0/s1. The Morgan fingerprint density at radius 2 is 2.05 bits per heavy atom. The molecule has 0 saturated carbocycles. The number of likely N-dealkylation sites (tertiary alicyclic amines) is 1. The average molecular weight is 308 g/mol. The molecule has 1 N–H and O–H groups in total. The lowest BCUT2D eigenvalue weighted by Crippen LogP contribution is -2.50. The molecule has 8 heteroatoms. The maximum Gasteiger partial charge on any atom is 0.407 e. The van der Waals surface area contributed by atoms with Gasteiger partial charge in [0.25, 0.3) is 0 Å². The van der Waals surface area contributed by atoms with Crippen LogP contribution in [0.15, 0.2) is 0 Å². The van der Waals surface area contributed by atoms with Crippen LogP contribution in [-0.4, -0.2) is 56.4 Å². The second kappa shape index (κ2) is 8.11. The molecule has 1 saturated heterocycles. The summed E-state index contributed by atoms with van der Waals surface area (Å²) in [6.07, 6.45) is -0.0552. The summed E-state index contributed by atoms with van der Waals surface area (Å²) in [5, 5.41) is 2.50. The third-order valence-corrected chi connectivity index (χ3v) is 3.45. The second-order valence-corrected chi connectivity index (χ2v) is 5.39. The summed E-state index contributed by atoms with van der Waals surface area (Å²) in [6.45, 7) is 1.59. The largest absolute Gasteiger partial charge is 0.453 e. The Morgan fingerprint density at radius 1 is 1.38 bits per heavy atom. The fraction of sp³-hybridized carbons (Fsp3) is 0.846. The van der Waals surface area contributed by atoms with Crippen molar-refractivity contribution in [1.82, 2.24) is 10.2 Å². The van der Waals surface area contributed by atoms with Crippen LogP contribution >= 0.6 is 0 Å². The van der Waals surface area contributed by atoms with Crippen LogP contribution < -0.4 is 5.32 Å². The Kier molecular flexibility index (Phi) is 6.80. The van der Waals surface area contributed by atoms with E-state index < -0.39 is 18.7 Å². The van der Waals surface area contributed by atoms with Crippen molar-refractivity contribution < 1.29 is 27.8 Å². The molecule has 1 heterocycles. The van der Waals surface area contributed by atoms with Gasteiger partial charge in [-0.15, -0.1) is 0 Å². The van der Waals surface area contributed by atoms with Crippen molar-refractivity contribution in [3.63, 3.8) is 0 Å². The zero-order valence-electron chi connectivity index (χ0n) is 12.5. The molecular weight excluding hydrogens is 286 g/mol. The predicted octanol–water partition coefficient (Wildman–Crippen LogP) is 1.45. The maximum absolute atomic E-state index is 12.4. The van der Waals surface area contributed by atoms with E-state index in [9.17, 15) is 18.4 Å². The minimum atomic E-state index is -2.79. The number of alkyl carbamates (subject to hydrolysis) is 1. The van der Waals surface area contributed by atoms with E-state index in [4.69, 9.17) is 0 Å². The monoisotopic (exact) mass is 308 g/mol. The Bertz CT molecular complexity index is 366. The number of nitrogens with zero attached hydrogens (tertiary/aromatic N) is 1. The van der Waals surface area contributed by atoms with Gasteiger partial charge in [-0.05, 0) is 12.3 Å². The lowest BCUT2D eigenvalue weighted by Gasteiger charge is -2.26. The number of carbonyl (C=O) groups excluding carboxylic acids is 2. The highest BCUT2D eigenvalue weighted by Gasteiger charge is 2.33. The number of carbonyl (C=O) groups is 2. The van der Waals surface area contributed by atoms with E-state index in [1.807, 2.05) is 13.8 Å². The molecule has 2 amide bonds. The summed E-state index contributed by atoms with van der Waals surface area (Å²) in [7, 11) is 1.23. The van der Waals surface area contributed by atoms with Gasteiger partial charge in [0.05, 0.1) is 13.7 Å². The summed E-state index contributed by atoms with van der Waals surface area (Å²) in [6, 6.07) is -0.688. The van der Waals surface area contributed by atoms with Crippen LogP contribution in [0.2, 0.25) is 0 Å². The van der Waals surface area contributed by atoms with E-state index in [1.54, 1.807) is 4.90 Å². The van der Waals surface area contributed by atoms with Crippen molar-refractivity contribution in [2.45, 2.75) is 32.9 Å². The molecule has 0 unspecified atom stereocenters. The van der Waals surface area contributed by atoms with Gasteiger partial charge in [-0.1, -0.05) is 13.8 Å². The Morgan fingerprint density at radius 3 is 2.57 bits per heavy atom. The van der Waals surface area contributed by atoms with Crippen molar-refractivity contribution in [1.29, 1.82) is 0 Å². The molecule has 0 bridgehead atoms.